The average Bonchev–Trinajstić information content (AvgIpc) is 2.20. The SMILES string of the molecule is CC(C)NC(=O)C(C)Nc1ncc(I)cn1. The van der Waals surface area contributed by atoms with Gasteiger partial charge in [0.1, 0.15) is 6.04 Å². The fraction of sp³-hybridized carbons (Fsp3) is 0.500. The van der Waals surface area contributed by atoms with Gasteiger partial charge in [-0.2, -0.15) is 0 Å². The van der Waals surface area contributed by atoms with Crippen LogP contribution in [-0.4, -0.2) is 28.0 Å². The van der Waals surface area contributed by atoms with Crippen LogP contribution in [0.2, 0.25) is 0 Å². The predicted molar refractivity (Wildman–Crippen MR) is 71.1 cm³/mol. The molecule has 2 N–H and O–H groups in total. The van der Waals surface area contributed by atoms with Crippen LogP contribution in [0.15, 0.2) is 12.4 Å². The summed E-state index contributed by atoms with van der Waals surface area (Å²) in [4.78, 5) is 19.7. The van der Waals surface area contributed by atoms with Crippen molar-refractivity contribution >= 4 is 34.4 Å². The average molecular weight is 334 g/mol. The lowest BCUT2D eigenvalue weighted by Crippen LogP contribution is -2.41. The first-order valence-electron chi connectivity index (χ1n) is 5.03. The van der Waals surface area contributed by atoms with Gasteiger partial charge >= 0.3 is 0 Å². The van der Waals surface area contributed by atoms with Gasteiger partial charge in [-0.1, -0.05) is 0 Å². The number of halogens is 1. The Bertz CT molecular complexity index is 352. The predicted octanol–water partition coefficient (Wildman–Crippen LogP) is 1.41. The van der Waals surface area contributed by atoms with Crippen molar-refractivity contribution in [3.8, 4) is 0 Å². The molecule has 6 heteroatoms. The highest BCUT2D eigenvalue weighted by Crippen LogP contribution is 2.04. The van der Waals surface area contributed by atoms with E-state index in [9.17, 15) is 4.79 Å². The molecule has 0 radical (unpaired) electrons. The van der Waals surface area contributed by atoms with Crippen LogP contribution in [0.25, 0.3) is 0 Å². The van der Waals surface area contributed by atoms with Crippen molar-refractivity contribution in [1.82, 2.24) is 15.3 Å². The van der Waals surface area contributed by atoms with Gasteiger partial charge in [-0.15, -0.1) is 0 Å². The molecule has 0 aliphatic heterocycles. The summed E-state index contributed by atoms with van der Waals surface area (Å²) in [6.07, 6.45) is 3.39. The second-order valence-corrected chi connectivity index (χ2v) is 5.00. The van der Waals surface area contributed by atoms with Crippen LogP contribution in [0.3, 0.4) is 0 Å². The topological polar surface area (TPSA) is 66.9 Å². The molecule has 0 bridgehead atoms. The van der Waals surface area contributed by atoms with E-state index in [1.807, 2.05) is 13.8 Å². The van der Waals surface area contributed by atoms with Crippen LogP contribution in [0.4, 0.5) is 5.95 Å². The van der Waals surface area contributed by atoms with Crippen LogP contribution < -0.4 is 10.6 Å². The second-order valence-electron chi connectivity index (χ2n) is 3.75. The number of rotatable bonds is 4. The minimum absolute atomic E-state index is 0.0582. The Morgan fingerprint density at radius 3 is 2.38 bits per heavy atom. The van der Waals surface area contributed by atoms with Crippen molar-refractivity contribution in [2.75, 3.05) is 5.32 Å². The molecule has 1 heterocycles. The molecule has 0 aliphatic carbocycles. The first kappa shape index (κ1) is 13.1. The van der Waals surface area contributed by atoms with Crippen molar-refractivity contribution < 1.29 is 4.79 Å². The van der Waals surface area contributed by atoms with E-state index < -0.39 is 0 Å². The summed E-state index contributed by atoms with van der Waals surface area (Å²) in [7, 11) is 0. The Labute approximate surface area is 109 Å². The molecule has 0 saturated carbocycles. The van der Waals surface area contributed by atoms with Crippen molar-refractivity contribution in [1.29, 1.82) is 0 Å². The number of anilines is 1. The number of hydrogen-bond acceptors (Lipinski definition) is 4. The summed E-state index contributed by atoms with van der Waals surface area (Å²) in [5, 5.41) is 5.75. The zero-order valence-corrected chi connectivity index (χ0v) is 11.6. The van der Waals surface area contributed by atoms with E-state index in [4.69, 9.17) is 0 Å². The number of aromatic nitrogens is 2. The number of hydrogen-bond donors (Lipinski definition) is 2. The summed E-state index contributed by atoms with van der Waals surface area (Å²) in [6.45, 7) is 5.62. The largest absolute Gasteiger partial charge is 0.352 e. The molecule has 1 rings (SSSR count). The fourth-order valence-electron chi connectivity index (χ4n) is 1.06. The summed E-state index contributed by atoms with van der Waals surface area (Å²) < 4.78 is 0.961. The highest BCUT2D eigenvalue weighted by atomic mass is 127. The maximum atomic E-state index is 11.6. The zero-order valence-electron chi connectivity index (χ0n) is 9.49. The van der Waals surface area contributed by atoms with E-state index >= 15 is 0 Å². The Kier molecular flexibility index (Phi) is 4.91. The van der Waals surface area contributed by atoms with Gasteiger partial charge in [0.2, 0.25) is 11.9 Å². The molecule has 1 atom stereocenters. The van der Waals surface area contributed by atoms with E-state index in [-0.39, 0.29) is 18.0 Å². The third kappa shape index (κ3) is 4.30. The summed E-state index contributed by atoms with van der Waals surface area (Å²) in [6, 6.07) is -0.211. The second kappa shape index (κ2) is 5.97. The molecule has 16 heavy (non-hydrogen) atoms. The van der Waals surface area contributed by atoms with E-state index in [0.717, 1.165) is 3.57 Å². The monoisotopic (exact) mass is 334 g/mol. The van der Waals surface area contributed by atoms with E-state index in [0.29, 0.717) is 5.95 Å². The number of carbonyl (C=O) groups excluding carboxylic acids is 1. The standard InChI is InChI=1S/C10H15IN4O/c1-6(2)14-9(16)7(3)15-10-12-4-8(11)5-13-10/h4-7H,1-3H3,(H,14,16)(H,12,13,15). The van der Waals surface area contributed by atoms with Gasteiger partial charge in [-0.05, 0) is 43.4 Å². The molecule has 0 saturated heterocycles. The van der Waals surface area contributed by atoms with Gasteiger partial charge in [-0.25, -0.2) is 9.97 Å². The summed E-state index contributed by atoms with van der Waals surface area (Å²) >= 11 is 2.13. The fourth-order valence-corrected chi connectivity index (χ4v) is 1.33. The highest BCUT2D eigenvalue weighted by molar-refractivity contribution is 14.1. The van der Waals surface area contributed by atoms with Crippen molar-refractivity contribution in [2.45, 2.75) is 32.9 Å². The number of carbonyl (C=O) groups is 1. The van der Waals surface area contributed by atoms with E-state index in [2.05, 4.69) is 43.2 Å². The quantitative estimate of drug-likeness (QED) is 0.817. The molecule has 0 aliphatic rings. The Balaban J connectivity index is 2.53. The molecule has 0 spiro atoms. The van der Waals surface area contributed by atoms with Crippen molar-refractivity contribution in [3.63, 3.8) is 0 Å². The van der Waals surface area contributed by atoms with Crippen LogP contribution >= 0.6 is 22.6 Å². The molecule has 1 unspecified atom stereocenters. The normalized spacial score (nSPS) is 12.3. The lowest BCUT2D eigenvalue weighted by atomic mass is 10.3. The van der Waals surface area contributed by atoms with Crippen LogP contribution in [0, 0.1) is 3.57 Å². The third-order valence-corrected chi connectivity index (χ3v) is 2.35. The first-order chi connectivity index (χ1) is 7.49. The molecule has 0 fully saturated rings. The number of amides is 1. The number of nitrogens with one attached hydrogen (secondary N) is 2. The Hall–Kier alpha value is -0.920. The summed E-state index contributed by atoms with van der Waals surface area (Å²) in [5.41, 5.74) is 0. The molecular formula is C10H15IN4O. The molecule has 1 aromatic heterocycles. The van der Waals surface area contributed by atoms with Gasteiger partial charge < -0.3 is 10.6 Å². The van der Waals surface area contributed by atoms with Crippen molar-refractivity contribution in [2.24, 2.45) is 0 Å². The molecule has 1 aromatic rings. The lowest BCUT2D eigenvalue weighted by Gasteiger charge is -2.15. The van der Waals surface area contributed by atoms with E-state index in [1.54, 1.807) is 19.3 Å². The van der Waals surface area contributed by atoms with Crippen LogP contribution in [-0.2, 0) is 4.79 Å². The minimum Gasteiger partial charge on any atom is -0.352 e. The van der Waals surface area contributed by atoms with Crippen LogP contribution in [0.5, 0.6) is 0 Å². The zero-order chi connectivity index (χ0) is 12.1. The highest BCUT2D eigenvalue weighted by Gasteiger charge is 2.13. The molecule has 1 amide bonds. The van der Waals surface area contributed by atoms with Gasteiger partial charge in [-0.3, -0.25) is 4.79 Å². The van der Waals surface area contributed by atoms with Gasteiger partial charge in [0.25, 0.3) is 0 Å². The van der Waals surface area contributed by atoms with E-state index in [1.165, 1.54) is 0 Å². The van der Waals surface area contributed by atoms with Gasteiger partial charge in [0.15, 0.2) is 0 Å². The maximum Gasteiger partial charge on any atom is 0.242 e. The molecule has 5 nitrogen and oxygen atoms in total. The lowest BCUT2D eigenvalue weighted by molar-refractivity contribution is -0.122. The first-order valence-corrected chi connectivity index (χ1v) is 6.11. The third-order valence-electron chi connectivity index (χ3n) is 1.79. The number of nitrogens with zero attached hydrogens (tertiary/aromatic N) is 2. The molecule has 88 valence electrons. The molecule has 0 aromatic carbocycles. The van der Waals surface area contributed by atoms with Crippen LogP contribution in [0.1, 0.15) is 20.8 Å². The van der Waals surface area contributed by atoms with Crippen molar-refractivity contribution in [3.05, 3.63) is 16.0 Å². The van der Waals surface area contributed by atoms with Gasteiger partial charge in [0.05, 0.1) is 0 Å². The van der Waals surface area contributed by atoms with Gasteiger partial charge in [0, 0.05) is 22.0 Å². The maximum absolute atomic E-state index is 11.6. The minimum atomic E-state index is -0.345. The molecular weight excluding hydrogens is 319 g/mol. The summed E-state index contributed by atoms with van der Waals surface area (Å²) in [5.74, 6) is 0.406. The Morgan fingerprint density at radius 2 is 1.88 bits per heavy atom. The smallest absolute Gasteiger partial charge is 0.242 e. The Morgan fingerprint density at radius 1 is 1.31 bits per heavy atom.